The van der Waals surface area contributed by atoms with E-state index >= 15 is 0 Å². The Morgan fingerprint density at radius 3 is 2.65 bits per heavy atom. The molecule has 0 saturated heterocycles. The van der Waals surface area contributed by atoms with Crippen molar-refractivity contribution in [2.24, 2.45) is 5.14 Å². The lowest BCUT2D eigenvalue weighted by Crippen LogP contribution is -2.24. The molecule has 0 unspecified atom stereocenters. The van der Waals surface area contributed by atoms with E-state index in [2.05, 4.69) is 11.9 Å². The molecule has 0 fully saturated rings. The summed E-state index contributed by atoms with van der Waals surface area (Å²) in [7, 11) is -3.97. The Labute approximate surface area is 98.2 Å². The summed E-state index contributed by atoms with van der Waals surface area (Å²) < 4.78 is 35.3. The Morgan fingerprint density at radius 2 is 2.18 bits per heavy atom. The van der Waals surface area contributed by atoms with E-state index in [0.29, 0.717) is 6.07 Å². The van der Waals surface area contributed by atoms with Gasteiger partial charge in [-0.15, -0.1) is 6.58 Å². The van der Waals surface area contributed by atoms with Gasteiger partial charge in [0, 0.05) is 6.54 Å². The minimum atomic E-state index is -3.97. The fraction of sp³-hybridized carbons (Fsp3) is 0.100. The van der Waals surface area contributed by atoms with Gasteiger partial charge in [-0.1, -0.05) is 6.08 Å². The van der Waals surface area contributed by atoms with E-state index in [1.54, 1.807) is 0 Å². The summed E-state index contributed by atoms with van der Waals surface area (Å²) in [5.74, 6) is -1.60. The number of nitrogens with one attached hydrogen (secondary N) is 1. The molecule has 0 saturated carbocycles. The molecular formula is C10H11FN2O3S. The van der Waals surface area contributed by atoms with Crippen LogP contribution in [0, 0.1) is 5.82 Å². The molecule has 0 heterocycles. The van der Waals surface area contributed by atoms with Crippen molar-refractivity contribution in [1.82, 2.24) is 5.32 Å². The molecule has 1 rings (SSSR count). The van der Waals surface area contributed by atoms with Gasteiger partial charge in [0.25, 0.3) is 5.91 Å². The molecule has 0 bridgehead atoms. The average molecular weight is 258 g/mol. The molecule has 0 aliphatic carbocycles. The van der Waals surface area contributed by atoms with Gasteiger partial charge in [0.05, 0.1) is 10.5 Å². The first-order chi connectivity index (χ1) is 7.86. The normalized spacial score (nSPS) is 10.9. The molecule has 1 amide bonds. The second kappa shape index (κ2) is 5.07. The van der Waals surface area contributed by atoms with Gasteiger partial charge in [-0.3, -0.25) is 4.79 Å². The van der Waals surface area contributed by atoms with Crippen LogP contribution in [-0.4, -0.2) is 20.9 Å². The SMILES string of the molecule is C=CCNC(=O)c1ccc(S(N)(=O)=O)cc1F. The highest BCUT2D eigenvalue weighted by Gasteiger charge is 2.15. The molecule has 92 valence electrons. The highest BCUT2D eigenvalue weighted by molar-refractivity contribution is 7.89. The maximum atomic E-state index is 13.5. The Bertz CT molecular complexity index is 555. The Kier molecular flexibility index (Phi) is 3.97. The van der Waals surface area contributed by atoms with Crippen molar-refractivity contribution >= 4 is 15.9 Å². The fourth-order valence-electron chi connectivity index (χ4n) is 1.12. The minimum absolute atomic E-state index is 0.190. The third kappa shape index (κ3) is 3.36. The minimum Gasteiger partial charge on any atom is -0.348 e. The van der Waals surface area contributed by atoms with Crippen LogP contribution in [0.4, 0.5) is 4.39 Å². The van der Waals surface area contributed by atoms with Gasteiger partial charge in [-0.2, -0.15) is 0 Å². The van der Waals surface area contributed by atoms with Crippen molar-refractivity contribution < 1.29 is 17.6 Å². The maximum absolute atomic E-state index is 13.5. The third-order valence-corrected chi connectivity index (χ3v) is 2.83. The highest BCUT2D eigenvalue weighted by atomic mass is 32.2. The molecule has 0 spiro atoms. The van der Waals surface area contributed by atoms with E-state index in [0.717, 1.165) is 12.1 Å². The molecule has 0 atom stereocenters. The Morgan fingerprint density at radius 1 is 1.53 bits per heavy atom. The number of benzene rings is 1. The number of primary sulfonamides is 1. The van der Waals surface area contributed by atoms with E-state index in [1.807, 2.05) is 0 Å². The van der Waals surface area contributed by atoms with Gasteiger partial charge in [0.2, 0.25) is 10.0 Å². The van der Waals surface area contributed by atoms with Crippen LogP contribution in [0.5, 0.6) is 0 Å². The first-order valence-electron chi connectivity index (χ1n) is 4.57. The zero-order chi connectivity index (χ0) is 13.1. The molecule has 5 nitrogen and oxygen atoms in total. The lowest BCUT2D eigenvalue weighted by atomic mass is 10.2. The summed E-state index contributed by atoms with van der Waals surface area (Å²) >= 11 is 0. The quantitative estimate of drug-likeness (QED) is 0.765. The van der Waals surface area contributed by atoms with E-state index in [9.17, 15) is 17.6 Å². The van der Waals surface area contributed by atoms with Crippen molar-refractivity contribution in [2.75, 3.05) is 6.54 Å². The van der Waals surface area contributed by atoms with Crippen molar-refractivity contribution in [3.63, 3.8) is 0 Å². The molecule has 0 aliphatic heterocycles. The number of rotatable bonds is 4. The monoisotopic (exact) mass is 258 g/mol. The van der Waals surface area contributed by atoms with E-state index in [1.165, 1.54) is 6.08 Å². The third-order valence-electron chi connectivity index (χ3n) is 1.92. The Hall–Kier alpha value is -1.73. The highest BCUT2D eigenvalue weighted by Crippen LogP contribution is 2.13. The zero-order valence-corrected chi connectivity index (χ0v) is 9.63. The number of sulfonamides is 1. The van der Waals surface area contributed by atoms with Crippen LogP contribution in [0.2, 0.25) is 0 Å². The van der Waals surface area contributed by atoms with Crippen molar-refractivity contribution in [3.8, 4) is 0 Å². The van der Waals surface area contributed by atoms with Crippen LogP contribution in [0.25, 0.3) is 0 Å². The molecule has 17 heavy (non-hydrogen) atoms. The molecule has 1 aromatic carbocycles. The van der Waals surface area contributed by atoms with Crippen LogP contribution in [0.3, 0.4) is 0 Å². The summed E-state index contributed by atoms with van der Waals surface area (Å²) in [6, 6.07) is 2.84. The van der Waals surface area contributed by atoms with Crippen molar-refractivity contribution in [3.05, 3.63) is 42.2 Å². The average Bonchev–Trinajstić information content (AvgIpc) is 2.24. The number of halogens is 1. The largest absolute Gasteiger partial charge is 0.348 e. The smallest absolute Gasteiger partial charge is 0.254 e. The zero-order valence-electron chi connectivity index (χ0n) is 8.81. The van der Waals surface area contributed by atoms with Crippen LogP contribution in [0.15, 0.2) is 35.7 Å². The summed E-state index contributed by atoms with van der Waals surface area (Å²) in [5.41, 5.74) is -0.251. The molecule has 0 aliphatic rings. The van der Waals surface area contributed by atoms with E-state index < -0.39 is 21.7 Å². The topological polar surface area (TPSA) is 89.3 Å². The molecule has 1 aromatic rings. The summed E-state index contributed by atoms with van der Waals surface area (Å²) in [6.07, 6.45) is 1.44. The van der Waals surface area contributed by atoms with Gasteiger partial charge < -0.3 is 5.32 Å². The fourth-order valence-corrected chi connectivity index (χ4v) is 1.64. The van der Waals surface area contributed by atoms with Crippen LogP contribution in [-0.2, 0) is 10.0 Å². The predicted octanol–water partition coefficient (Wildman–Crippen LogP) is 0.389. The van der Waals surface area contributed by atoms with Crippen LogP contribution < -0.4 is 10.5 Å². The molecule has 7 heteroatoms. The molecular weight excluding hydrogens is 247 g/mol. The van der Waals surface area contributed by atoms with Gasteiger partial charge in [0.1, 0.15) is 5.82 Å². The van der Waals surface area contributed by atoms with E-state index in [-0.39, 0.29) is 17.0 Å². The maximum Gasteiger partial charge on any atom is 0.254 e. The number of hydrogen-bond acceptors (Lipinski definition) is 3. The predicted molar refractivity (Wildman–Crippen MR) is 60.3 cm³/mol. The van der Waals surface area contributed by atoms with E-state index in [4.69, 9.17) is 5.14 Å². The first-order valence-corrected chi connectivity index (χ1v) is 6.12. The lowest BCUT2D eigenvalue weighted by molar-refractivity contribution is 0.0954. The van der Waals surface area contributed by atoms with Gasteiger partial charge in [0.15, 0.2) is 0 Å². The summed E-state index contributed by atoms with van der Waals surface area (Å²) in [4.78, 5) is 11.0. The first kappa shape index (κ1) is 13.3. The summed E-state index contributed by atoms with van der Waals surface area (Å²) in [6.45, 7) is 3.58. The van der Waals surface area contributed by atoms with Crippen LogP contribution in [0.1, 0.15) is 10.4 Å². The van der Waals surface area contributed by atoms with Gasteiger partial charge in [-0.05, 0) is 18.2 Å². The van der Waals surface area contributed by atoms with Crippen LogP contribution >= 0.6 is 0 Å². The number of carbonyl (C=O) groups excluding carboxylic acids is 1. The number of amides is 1. The lowest BCUT2D eigenvalue weighted by Gasteiger charge is -2.05. The summed E-state index contributed by atoms with van der Waals surface area (Å²) in [5, 5.41) is 7.19. The molecule has 0 aromatic heterocycles. The molecule has 3 N–H and O–H groups in total. The van der Waals surface area contributed by atoms with Crippen molar-refractivity contribution in [1.29, 1.82) is 0 Å². The Balaban J connectivity index is 3.06. The van der Waals surface area contributed by atoms with Gasteiger partial charge >= 0.3 is 0 Å². The van der Waals surface area contributed by atoms with Crippen molar-refractivity contribution in [2.45, 2.75) is 4.90 Å². The number of nitrogens with two attached hydrogens (primary N) is 1. The second-order valence-corrected chi connectivity index (χ2v) is 4.75. The molecule has 0 radical (unpaired) electrons. The van der Waals surface area contributed by atoms with Gasteiger partial charge in [-0.25, -0.2) is 17.9 Å². The number of hydrogen-bond donors (Lipinski definition) is 2. The second-order valence-electron chi connectivity index (χ2n) is 3.19. The standard InChI is InChI=1S/C10H11FN2O3S/c1-2-5-13-10(14)8-4-3-7(6-9(8)11)17(12,15)16/h2-4,6H,1,5H2,(H,13,14)(H2,12,15,16). The number of carbonyl (C=O) groups is 1.